The molecule has 0 atom stereocenters. The lowest BCUT2D eigenvalue weighted by Gasteiger charge is -2.32. The van der Waals surface area contributed by atoms with Gasteiger partial charge in [-0.25, -0.2) is 0 Å². The van der Waals surface area contributed by atoms with Crippen LogP contribution < -0.4 is 64.4 Å². The molecule has 0 N–H and O–H groups in total. The first-order valence-corrected chi connectivity index (χ1v) is 21.2. The zero-order chi connectivity index (χ0) is 46.2. The fourth-order valence-corrected chi connectivity index (χ4v) is 8.30. The molecule has 0 aliphatic rings. The van der Waals surface area contributed by atoms with Gasteiger partial charge in [-0.2, -0.15) is 0 Å². The van der Waals surface area contributed by atoms with Crippen molar-refractivity contribution in [2.45, 2.75) is 0 Å². The molecule has 0 unspecified atom stereocenters. The molecule has 20 radical (unpaired) electrons. The van der Waals surface area contributed by atoms with Crippen LogP contribution in [-0.2, 0) is 0 Å². The van der Waals surface area contributed by atoms with E-state index in [2.05, 4.69) is 97.1 Å². The van der Waals surface area contributed by atoms with Gasteiger partial charge in [0.1, 0.15) is 78.5 Å². The van der Waals surface area contributed by atoms with Crippen LogP contribution in [0.4, 0.5) is 34.1 Å². The highest BCUT2D eigenvalue weighted by atomic mass is 15.2. The van der Waals surface area contributed by atoms with Crippen molar-refractivity contribution < 1.29 is 0 Å². The summed E-state index contributed by atoms with van der Waals surface area (Å²) in [5.41, 5.74) is 14.4. The second kappa shape index (κ2) is 18.6. The Bertz CT molecular complexity index is 2920. The van der Waals surface area contributed by atoms with Gasteiger partial charge >= 0.3 is 0 Å². The number of nitrogens with zero attached hydrogens (tertiary/aromatic N) is 2. The van der Waals surface area contributed by atoms with Gasteiger partial charge in [0, 0.05) is 34.1 Å². The Morgan fingerprint density at radius 3 is 0.561 bits per heavy atom. The first-order valence-electron chi connectivity index (χ1n) is 21.2. The summed E-state index contributed by atoms with van der Waals surface area (Å²) in [6.45, 7) is 0. The Labute approximate surface area is 401 Å². The van der Waals surface area contributed by atoms with E-state index in [-0.39, 0.29) is 54.6 Å². The van der Waals surface area contributed by atoms with Gasteiger partial charge in [-0.3, -0.25) is 0 Å². The van der Waals surface area contributed by atoms with Crippen LogP contribution in [0.5, 0.6) is 0 Å². The molecule has 0 bridgehead atoms. The van der Waals surface area contributed by atoms with Gasteiger partial charge in [-0.15, -0.1) is 32.8 Å². The summed E-state index contributed by atoms with van der Waals surface area (Å²) in [6, 6.07) is 61.2. The average molecular weight is 815 g/mol. The van der Waals surface area contributed by atoms with Gasteiger partial charge in [0.15, 0.2) is 0 Å². The molecule has 9 aromatic carbocycles. The Balaban J connectivity index is 1.02. The maximum Gasteiger partial charge on any atom is 0.115 e. The van der Waals surface area contributed by atoms with E-state index < -0.39 is 0 Å². The Morgan fingerprint density at radius 2 is 0.348 bits per heavy atom. The quantitative estimate of drug-likeness (QED) is 0.196. The summed E-state index contributed by atoms with van der Waals surface area (Å²) in [7, 11) is 64.5. The van der Waals surface area contributed by atoms with E-state index in [0.29, 0.717) is 11.4 Å². The molecule has 0 saturated carbocycles. The molecule has 12 heteroatoms. The highest BCUT2D eigenvalue weighted by Gasteiger charge is 2.22. The van der Waals surface area contributed by atoms with Crippen molar-refractivity contribution in [3.05, 3.63) is 182 Å². The molecule has 0 aliphatic carbocycles. The van der Waals surface area contributed by atoms with Crippen LogP contribution in [0.2, 0.25) is 0 Å². The number of hydrogen-bond acceptors (Lipinski definition) is 2. The van der Waals surface area contributed by atoms with Gasteiger partial charge in [-0.1, -0.05) is 155 Å². The summed E-state index contributed by atoms with van der Waals surface area (Å²) in [6.07, 6.45) is 0. The van der Waals surface area contributed by atoms with Crippen molar-refractivity contribution in [1.29, 1.82) is 0 Å². The SMILES string of the molecule is [B]c1c([B])c([B])c(N(c2ccc(-c3ccccc3)cc2)c2ccc(-c3ccc(-c4ccc(N(c5ccc(-c6ccccc6)cc5)c5c([B])c([B])c([B])c([B])c5[B])cc4)cc3)cc2)c([B])c1[B]. The van der Waals surface area contributed by atoms with Crippen molar-refractivity contribution in [2.24, 2.45) is 0 Å². The predicted octanol–water partition coefficient (Wildman–Crippen LogP) is 3.23. The topological polar surface area (TPSA) is 6.48 Å². The number of benzene rings is 9. The standard InChI is InChI=1S/C54H30B10N2/c55-43-45(57)49(61)53(50(62)46(43)58)65(39-23-15-35(16-24-39)31-7-3-1-4-8-31)41-27-19-37(20-28-41)33-11-13-34(14-12-33)38-21-29-42(30-22-38)66(54-51(63)47(59)44(56)48(60)52(54)64)40-25-17-36(18-26-40)32-9-5-2-6-10-32/h1-30H. The fourth-order valence-electron chi connectivity index (χ4n) is 8.30. The minimum atomic E-state index is 0.152. The minimum absolute atomic E-state index is 0.152. The Kier molecular flexibility index (Phi) is 12.5. The maximum atomic E-state index is 6.65. The minimum Gasteiger partial charge on any atom is -0.312 e. The smallest absolute Gasteiger partial charge is 0.115 e. The van der Waals surface area contributed by atoms with Crippen LogP contribution in [0, 0.1) is 0 Å². The van der Waals surface area contributed by atoms with E-state index in [1.54, 1.807) is 0 Å². The van der Waals surface area contributed by atoms with Crippen molar-refractivity contribution in [3.63, 3.8) is 0 Å². The molecule has 0 amide bonds. The lowest BCUT2D eigenvalue weighted by atomic mass is 9.61. The van der Waals surface area contributed by atoms with E-state index in [4.69, 9.17) is 78.5 Å². The van der Waals surface area contributed by atoms with E-state index in [0.717, 1.165) is 67.3 Å². The van der Waals surface area contributed by atoms with Gasteiger partial charge in [0.2, 0.25) is 0 Å². The molecule has 0 saturated heterocycles. The van der Waals surface area contributed by atoms with Crippen molar-refractivity contribution in [1.82, 2.24) is 0 Å². The zero-order valence-corrected chi connectivity index (χ0v) is 36.0. The van der Waals surface area contributed by atoms with Crippen LogP contribution in [0.15, 0.2) is 182 Å². The molecule has 9 aromatic rings. The van der Waals surface area contributed by atoms with Gasteiger partial charge in [-0.05, 0) is 93.0 Å². The second-order valence-electron chi connectivity index (χ2n) is 16.0. The largest absolute Gasteiger partial charge is 0.312 e. The third-order valence-electron chi connectivity index (χ3n) is 12.1. The van der Waals surface area contributed by atoms with Crippen LogP contribution in [0.1, 0.15) is 0 Å². The molecule has 0 aromatic heterocycles. The first kappa shape index (κ1) is 44.4. The third kappa shape index (κ3) is 8.35. The maximum absolute atomic E-state index is 6.65. The van der Waals surface area contributed by atoms with E-state index >= 15 is 0 Å². The highest BCUT2D eigenvalue weighted by Crippen LogP contribution is 2.37. The van der Waals surface area contributed by atoms with Crippen molar-refractivity contribution >= 4 is 167 Å². The van der Waals surface area contributed by atoms with E-state index in [9.17, 15) is 0 Å². The molecule has 2 nitrogen and oxygen atoms in total. The average Bonchev–Trinajstić information content (AvgIpc) is 3.37. The van der Waals surface area contributed by atoms with E-state index in [1.807, 2.05) is 94.7 Å². The number of hydrogen-bond donors (Lipinski definition) is 0. The van der Waals surface area contributed by atoms with Crippen LogP contribution in [0.25, 0.3) is 44.5 Å². The fraction of sp³-hybridized carbons (Fsp3) is 0. The van der Waals surface area contributed by atoms with Gasteiger partial charge in [0.25, 0.3) is 0 Å². The van der Waals surface area contributed by atoms with Crippen LogP contribution in [0.3, 0.4) is 0 Å². The monoisotopic (exact) mass is 816 g/mol. The highest BCUT2D eigenvalue weighted by molar-refractivity contribution is 6.70. The summed E-state index contributed by atoms with van der Waals surface area (Å²) in [5, 5.41) is 0. The third-order valence-corrected chi connectivity index (χ3v) is 12.1. The van der Waals surface area contributed by atoms with E-state index in [1.165, 1.54) is 0 Å². The Hall–Kier alpha value is -6.77. The molecule has 9 rings (SSSR count). The molecule has 286 valence electrons. The van der Waals surface area contributed by atoms with Crippen LogP contribution >= 0.6 is 0 Å². The zero-order valence-electron chi connectivity index (χ0n) is 36.0. The first-order chi connectivity index (χ1) is 31.9. The van der Waals surface area contributed by atoms with Crippen LogP contribution in [-0.4, -0.2) is 78.5 Å². The Morgan fingerprint density at radius 1 is 0.182 bits per heavy atom. The summed E-state index contributed by atoms with van der Waals surface area (Å²) < 4.78 is 0. The van der Waals surface area contributed by atoms with Gasteiger partial charge in [0.05, 0.1) is 0 Å². The molecule has 66 heavy (non-hydrogen) atoms. The second-order valence-corrected chi connectivity index (χ2v) is 16.0. The number of anilines is 6. The molecular formula is C54H30B10N2. The number of rotatable bonds is 10. The normalized spacial score (nSPS) is 11.0. The van der Waals surface area contributed by atoms with Crippen molar-refractivity contribution in [3.8, 4) is 44.5 Å². The molecule has 0 fully saturated rings. The lowest BCUT2D eigenvalue weighted by Crippen LogP contribution is -2.56. The summed E-state index contributed by atoms with van der Waals surface area (Å²) >= 11 is 0. The predicted molar refractivity (Wildman–Crippen MR) is 291 cm³/mol. The van der Waals surface area contributed by atoms with Gasteiger partial charge < -0.3 is 9.80 Å². The summed E-state index contributed by atoms with van der Waals surface area (Å²) in [5.74, 6) is 0. The van der Waals surface area contributed by atoms with Crippen molar-refractivity contribution in [2.75, 3.05) is 9.80 Å². The molecule has 0 spiro atoms. The molecule has 0 aliphatic heterocycles. The molecule has 0 heterocycles. The molecular weight excluding hydrogens is 785 g/mol. The summed E-state index contributed by atoms with van der Waals surface area (Å²) in [4.78, 5) is 3.89. The lowest BCUT2D eigenvalue weighted by molar-refractivity contribution is 1.31.